The monoisotopic (exact) mass is 248 g/mol. The van der Waals surface area contributed by atoms with Crippen molar-refractivity contribution in [1.29, 1.82) is 0 Å². The van der Waals surface area contributed by atoms with E-state index in [9.17, 15) is 9.59 Å². The second-order valence-electron chi connectivity index (χ2n) is 5.11. The van der Waals surface area contributed by atoms with Gasteiger partial charge in [0.05, 0.1) is 11.0 Å². The number of hydrogen-bond acceptors (Lipinski definition) is 3. The molecule has 1 saturated carbocycles. The third kappa shape index (κ3) is 2.53. The molecule has 0 heterocycles. The van der Waals surface area contributed by atoms with Crippen LogP contribution in [0.25, 0.3) is 0 Å². The van der Waals surface area contributed by atoms with Gasteiger partial charge in [-0.2, -0.15) is 0 Å². The molecule has 0 aromatic heterocycles. The molecule has 1 fully saturated rings. The highest BCUT2D eigenvalue weighted by Crippen LogP contribution is 2.26. The van der Waals surface area contributed by atoms with Gasteiger partial charge in [0.1, 0.15) is 6.10 Å². The number of carboxylic acids is 1. The molecule has 4 nitrogen and oxygen atoms in total. The first kappa shape index (κ1) is 12.6. The molecule has 1 N–H and O–H groups in total. The predicted molar refractivity (Wildman–Crippen MR) is 65.5 cm³/mol. The van der Waals surface area contributed by atoms with Gasteiger partial charge >= 0.3 is 11.9 Å². The lowest BCUT2D eigenvalue weighted by Crippen LogP contribution is -2.28. The lowest BCUT2D eigenvalue weighted by atomic mass is 9.84. The maximum Gasteiger partial charge on any atom is 0.338 e. The molecule has 1 aliphatic carbocycles. The fourth-order valence-corrected chi connectivity index (χ4v) is 1.55. The van der Waals surface area contributed by atoms with E-state index in [4.69, 9.17) is 9.84 Å². The van der Waals surface area contributed by atoms with Gasteiger partial charge in [-0.15, -0.1) is 0 Å². The van der Waals surface area contributed by atoms with E-state index in [0.717, 1.165) is 12.8 Å². The van der Waals surface area contributed by atoms with Crippen LogP contribution < -0.4 is 0 Å². The van der Waals surface area contributed by atoms with Crippen LogP contribution in [0, 0.1) is 0 Å². The summed E-state index contributed by atoms with van der Waals surface area (Å²) in [5, 5.41) is 9.11. The SMILES string of the molecule is CC(C)(C(=O)O)c1ccc(C(=O)OC2CC2)cc1. The first-order chi connectivity index (χ1) is 8.41. The van der Waals surface area contributed by atoms with E-state index < -0.39 is 11.4 Å². The fourth-order valence-electron chi connectivity index (χ4n) is 1.55. The fraction of sp³-hybridized carbons (Fsp3) is 0.429. The molecule has 0 atom stereocenters. The normalized spacial score (nSPS) is 15.2. The Bertz CT molecular complexity index is 469. The molecule has 2 rings (SSSR count). The lowest BCUT2D eigenvalue weighted by molar-refractivity contribution is -0.142. The van der Waals surface area contributed by atoms with Gasteiger partial charge in [0.25, 0.3) is 0 Å². The van der Waals surface area contributed by atoms with E-state index in [-0.39, 0.29) is 12.1 Å². The molecule has 0 spiro atoms. The summed E-state index contributed by atoms with van der Waals surface area (Å²) < 4.78 is 5.17. The van der Waals surface area contributed by atoms with Crippen LogP contribution in [0.15, 0.2) is 24.3 Å². The number of carbonyl (C=O) groups is 2. The van der Waals surface area contributed by atoms with Gasteiger partial charge in [0.2, 0.25) is 0 Å². The van der Waals surface area contributed by atoms with Crippen LogP contribution in [0.5, 0.6) is 0 Å². The molecule has 0 radical (unpaired) electrons. The van der Waals surface area contributed by atoms with Crippen LogP contribution in [0.1, 0.15) is 42.6 Å². The predicted octanol–water partition coefficient (Wildman–Crippen LogP) is 2.37. The summed E-state index contributed by atoms with van der Waals surface area (Å²) in [5.41, 5.74) is 0.170. The van der Waals surface area contributed by atoms with E-state index in [1.54, 1.807) is 38.1 Å². The van der Waals surface area contributed by atoms with Crippen molar-refractivity contribution < 1.29 is 19.4 Å². The van der Waals surface area contributed by atoms with Gasteiger partial charge in [0.15, 0.2) is 0 Å². The van der Waals surface area contributed by atoms with Crippen molar-refractivity contribution in [3.05, 3.63) is 35.4 Å². The summed E-state index contributed by atoms with van der Waals surface area (Å²) in [4.78, 5) is 22.8. The van der Waals surface area contributed by atoms with Crippen LogP contribution in [0.2, 0.25) is 0 Å². The highest BCUT2D eigenvalue weighted by atomic mass is 16.5. The standard InChI is InChI=1S/C14H16O4/c1-14(2,13(16)17)10-5-3-9(4-6-10)12(15)18-11-7-8-11/h3-6,11H,7-8H2,1-2H3,(H,16,17). The zero-order valence-electron chi connectivity index (χ0n) is 10.5. The van der Waals surface area contributed by atoms with E-state index in [1.165, 1.54) is 0 Å². The van der Waals surface area contributed by atoms with Crippen molar-refractivity contribution in [3.63, 3.8) is 0 Å². The molecule has 4 heteroatoms. The number of esters is 1. The second-order valence-corrected chi connectivity index (χ2v) is 5.11. The van der Waals surface area contributed by atoms with Crippen LogP contribution in [-0.2, 0) is 14.9 Å². The van der Waals surface area contributed by atoms with Crippen molar-refractivity contribution in [3.8, 4) is 0 Å². The lowest BCUT2D eigenvalue weighted by Gasteiger charge is -2.19. The van der Waals surface area contributed by atoms with Gasteiger partial charge < -0.3 is 9.84 Å². The number of hydrogen-bond donors (Lipinski definition) is 1. The first-order valence-electron chi connectivity index (χ1n) is 5.96. The van der Waals surface area contributed by atoms with E-state index >= 15 is 0 Å². The number of carbonyl (C=O) groups excluding carboxylic acids is 1. The quantitative estimate of drug-likeness (QED) is 0.831. The molecule has 0 aliphatic heterocycles. The summed E-state index contributed by atoms with van der Waals surface area (Å²) in [7, 11) is 0. The zero-order valence-corrected chi connectivity index (χ0v) is 10.5. The Morgan fingerprint density at radius 3 is 2.22 bits per heavy atom. The molecule has 96 valence electrons. The third-order valence-corrected chi connectivity index (χ3v) is 3.18. The number of rotatable bonds is 4. The van der Waals surface area contributed by atoms with Crippen LogP contribution in [-0.4, -0.2) is 23.1 Å². The van der Waals surface area contributed by atoms with Crippen LogP contribution in [0.3, 0.4) is 0 Å². The van der Waals surface area contributed by atoms with Gasteiger partial charge in [-0.1, -0.05) is 12.1 Å². The van der Waals surface area contributed by atoms with Crippen LogP contribution in [0.4, 0.5) is 0 Å². The molecule has 0 amide bonds. The summed E-state index contributed by atoms with van der Waals surface area (Å²) in [6.07, 6.45) is 1.96. The average Bonchev–Trinajstić information content (AvgIpc) is 3.13. The van der Waals surface area contributed by atoms with E-state index in [1.807, 2.05) is 0 Å². The highest BCUT2D eigenvalue weighted by molar-refractivity contribution is 5.90. The zero-order chi connectivity index (χ0) is 13.3. The largest absolute Gasteiger partial charge is 0.481 e. The molecule has 0 bridgehead atoms. The first-order valence-corrected chi connectivity index (χ1v) is 5.96. The third-order valence-electron chi connectivity index (χ3n) is 3.18. The maximum atomic E-state index is 11.7. The average molecular weight is 248 g/mol. The number of carboxylic acid groups (broad SMARTS) is 1. The maximum absolute atomic E-state index is 11.7. The second kappa shape index (κ2) is 4.44. The molecular weight excluding hydrogens is 232 g/mol. The number of benzene rings is 1. The molecule has 1 aliphatic rings. The highest BCUT2D eigenvalue weighted by Gasteiger charge is 2.30. The van der Waals surface area contributed by atoms with Crippen molar-refractivity contribution >= 4 is 11.9 Å². The topological polar surface area (TPSA) is 63.6 Å². The van der Waals surface area contributed by atoms with E-state index in [0.29, 0.717) is 11.1 Å². The van der Waals surface area contributed by atoms with E-state index in [2.05, 4.69) is 0 Å². The Hall–Kier alpha value is -1.84. The minimum absolute atomic E-state index is 0.0765. The van der Waals surface area contributed by atoms with Gasteiger partial charge in [-0.25, -0.2) is 4.79 Å². The Morgan fingerprint density at radius 1 is 1.22 bits per heavy atom. The Kier molecular flexibility index (Phi) is 3.11. The molecule has 1 aromatic carbocycles. The van der Waals surface area contributed by atoms with Crippen molar-refractivity contribution in [2.75, 3.05) is 0 Å². The Labute approximate surface area is 106 Å². The summed E-state index contributed by atoms with van der Waals surface area (Å²) in [5.74, 6) is -1.23. The van der Waals surface area contributed by atoms with Gasteiger partial charge in [-0.3, -0.25) is 4.79 Å². The number of aliphatic carboxylic acids is 1. The molecule has 18 heavy (non-hydrogen) atoms. The minimum Gasteiger partial charge on any atom is -0.481 e. The number of ether oxygens (including phenoxy) is 1. The molecular formula is C14H16O4. The minimum atomic E-state index is -0.959. The molecule has 0 unspecified atom stereocenters. The smallest absolute Gasteiger partial charge is 0.338 e. The summed E-state index contributed by atoms with van der Waals surface area (Å²) in [6.45, 7) is 3.26. The van der Waals surface area contributed by atoms with Gasteiger partial charge in [-0.05, 0) is 44.4 Å². The van der Waals surface area contributed by atoms with Crippen molar-refractivity contribution in [1.82, 2.24) is 0 Å². The van der Waals surface area contributed by atoms with Crippen molar-refractivity contribution in [2.24, 2.45) is 0 Å². The summed E-state index contributed by atoms with van der Waals surface area (Å²) >= 11 is 0. The molecule has 0 saturated heterocycles. The summed E-state index contributed by atoms with van der Waals surface area (Å²) in [6, 6.07) is 6.56. The van der Waals surface area contributed by atoms with Crippen molar-refractivity contribution in [2.45, 2.75) is 38.2 Å². The van der Waals surface area contributed by atoms with Gasteiger partial charge in [0, 0.05) is 0 Å². The Morgan fingerprint density at radius 2 is 1.78 bits per heavy atom. The molecule has 1 aromatic rings. The Balaban J connectivity index is 2.14. The van der Waals surface area contributed by atoms with Crippen LogP contribution >= 0.6 is 0 Å².